The fraction of sp³-hybridized carbons (Fsp3) is 0.429. The first kappa shape index (κ1) is 24.0. The van der Waals surface area contributed by atoms with Crippen LogP contribution in [0.1, 0.15) is 37.8 Å². The van der Waals surface area contributed by atoms with Crippen molar-refractivity contribution in [1.82, 2.24) is 15.0 Å². The number of hydrogen-bond donors (Lipinski definition) is 0. The summed E-state index contributed by atoms with van der Waals surface area (Å²) in [6.45, 7) is 11.9. The molecule has 4 heterocycles. The molecule has 0 N–H and O–H groups in total. The number of ether oxygens (including phenoxy) is 1. The van der Waals surface area contributed by atoms with Crippen LogP contribution < -0.4 is 14.7 Å². The Labute approximate surface area is 213 Å². The predicted molar refractivity (Wildman–Crippen MR) is 143 cm³/mol. The van der Waals surface area contributed by atoms with Crippen molar-refractivity contribution in [1.29, 1.82) is 5.26 Å². The number of pyridine rings is 1. The normalized spacial score (nSPS) is 18.4. The van der Waals surface area contributed by atoms with Crippen molar-refractivity contribution in [2.24, 2.45) is 0 Å². The van der Waals surface area contributed by atoms with E-state index in [0.717, 1.165) is 61.6 Å². The molecule has 2 aromatic heterocycles. The molecule has 0 bridgehead atoms. The Morgan fingerprint density at radius 1 is 1.00 bits per heavy atom. The molecule has 5 rings (SSSR count). The van der Waals surface area contributed by atoms with Crippen molar-refractivity contribution >= 4 is 17.6 Å². The molecule has 36 heavy (non-hydrogen) atoms. The zero-order chi connectivity index (χ0) is 25.1. The first-order chi connectivity index (χ1) is 17.5. The lowest BCUT2D eigenvalue weighted by Gasteiger charge is -2.41. The van der Waals surface area contributed by atoms with Crippen LogP contribution in [0, 0.1) is 11.3 Å². The number of hydrogen-bond acceptors (Lipinski definition) is 8. The van der Waals surface area contributed by atoms with Gasteiger partial charge in [-0.25, -0.2) is 9.97 Å². The van der Waals surface area contributed by atoms with Gasteiger partial charge < -0.3 is 19.4 Å². The molecule has 8 nitrogen and oxygen atoms in total. The lowest BCUT2D eigenvalue weighted by molar-refractivity contribution is 0.122. The molecule has 8 heteroatoms. The van der Waals surface area contributed by atoms with Gasteiger partial charge in [-0.05, 0) is 36.6 Å². The van der Waals surface area contributed by atoms with Crippen molar-refractivity contribution in [2.75, 3.05) is 60.6 Å². The quantitative estimate of drug-likeness (QED) is 0.537. The van der Waals surface area contributed by atoms with Gasteiger partial charge >= 0.3 is 0 Å². The molecular weight excluding hydrogens is 450 g/mol. The number of nitrogens with zero attached hydrogens (tertiary/aromatic N) is 7. The highest BCUT2D eigenvalue weighted by Gasteiger charge is 2.28. The lowest BCUT2D eigenvalue weighted by Crippen LogP contribution is -2.53. The van der Waals surface area contributed by atoms with Crippen LogP contribution in [0.15, 0.2) is 48.7 Å². The van der Waals surface area contributed by atoms with Gasteiger partial charge in [-0.1, -0.05) is 32.0 Å². The molecule has 0 saturated carbocycles. The number of benzene rings is 1. The largest absolute Gasteiger partial charge is 0.378 e. The minimum absolute atomic E-state index is 0.189. The van der Waals surface area contributed by atoms with Crippen molar-refractivity contribution in [3.8, 4) is 17.3 Å². The minimum Gasteiger partial charge on any atom is -0.378 e. The van der Waals surface area contributed by atoms with E-state index >= 15 is 0 Å². The van der Waals surface area contributed by atoms with E-state index in [9.17, 15) is 5.26 Å². The van der Waals surface area contributed by atoms with Crippen molar-refractivity contribution in [2.45, 2.75) is 32.7 Å². The summed E-state index contributed by atoms with van der Waals surface area (Å²) in [4.78, 5) is 21.3. The Morgan fingerprint density at radius 3 is 2.58 bits per heavy atom. The van der Waals surface area contributed by atoms with Crippen LogP contribution in [-0.2, 0) is 4.74 Å². The summed E-state index contributed by atoms with van der Waals surface area (Å²) in [7, 11) is 0. The van der Waals surface area contributed by atoms with E-state index < -0.39 is 0 Å². The monoisotopic (exact) mass is 483 g/mol. The van der Waals surface area contributed by atoms with E-state index in [4.69, 9.17) is 14.7 Å². The van der Waals surface area contributed by atoms with E-state index in [1.165, 1.54) is 5.56 Å². The first-order valence-corrected chi connectivity index (χ1v) is 12.7. The molecule has 0 radical (unpaired) electrons. The highest BCUT2D eigenvalue weighted by atomic mass is 16.5. The Kier molecular flexibility index (Phi) is 7.01. The molecule has 0 spiro atoms. The average Bonchev–Trinajstić information content (AvgIpc) is 2.93. The van der Waals surface area contributed by atoms with Gasteiger partial charge in [0.05, 0.1) is 24.5 Å². The molecule has 1 aromatic carbocycles. The Balaban J connectivity index is 1.48. The third-order valence-electron chi connectivity index (χ3n) is 6.97. The third-order valence-corrected chi connectivity index (χ3v) is 6.97. The van der Waals surface area contributed by atoms with Crippen LogP contribution in [0.25, 0.3) is 11.3 Å². The summed E-state index contributed by atoms with van der Waals surface area (Å²) >= 11 is 0. The van der Waals surface area contributed by atoms with Gasteiger partial charge in [0.15, 0.2) is 0 Å². The number of aromatic nitrogens is 3. The fourth-order valence-electron chi connectivity index (χ4n) is 4.91. The molecule has 3 aromatic rings. The molecule has 2 fully saturated rings. The topological polar surface area (TPSA) is 81.4 Å². The van der Waals surface area contributed by atoms with E-state index in [0.29, 0.717) is 24.7 Å². The first-order valence-electron chi connectivity index (χ1n) is 12.7. The van der Waals surface area contributed by atoms with Crippen LogP contribution in [0.2, 0.25) is 0 Å². The second-order valence-electron chi connectivity index (χ2n) is 9.77. The summed E-state index contributed by atoms with van der Waals surface area (Å²) in [5, 5.41) is 9.53. The average molecular weight is 484 g/mol. The minimum atomic E-state index is 0.189. The zero-order valence-corrected chi connectivity index (χ0v) is 21.3. The highest BCUT2D eigenvalue weighted by molar-refractivity contribution is 5.67. The maximum Gasteiger partial charge on any atom is 0.228 e. The molecule has 186 valence electrons. The van der Waals surface area contributed by atoms with Gasteiger partial charge in [-0.2, -0.15) is 10.2 Å². The van der Waals surface area contributed by atoms with Crippen LogP contribution in [-0.4, -0.2) is 66.9 Å². The van der Waals surface area contributed by atoms with Gasteiger partial charge in [-0.3, -0.25) is 0 Å². The van der Waals surface area contributed by atoms with E-state index in [1.54, 1.807) is 6.20 Å². The maximum atomic E-state index is 9.53. The van der Waals surface area contributed by atoms with E-state index in [-0.39, 0.29) is 6.04 Å². The van der Waals surface area contributed by atoms with Crippen LogP contribution in [0.5, 0.6) is 0 Å². The number of anilines is 3. The summed E-state index contributed by atoms with van der Waals surface area (Å²) in [6, 6.07) is 16.9. The molecule has 2 aliphatic rings. The molecule has 0 unspecified atom stereocenters. The summed E-state index contributed by atoms with van der Waals surface area (Å²) in [5.41, 5.74) is 3.96. The zero-order valence-electron chi connectivity index (χ0n) is 21.3. The van der Waals surface area contributed by atoms with Gasteiger partial charge in [0, 0.05) is 56.6 Å². The number of rotatable bonds is 5. The van der Waals surface area contributed by atoms with Crippen LogP contribution in [0.4, 0.5) is 17.6 Å². The van der Waals surface area contributed by atoms with E-state index in [2.05, 4.69) is 76.9 Å². The van der Waals surface area contributed by atoms with Gasteiger partial charge in [0.2, 0.25) is 5.95 Å². The van der Waals surface area contributed by atoms with Crippen molar-refractivity contribution in [3.05, 3.63) is 59.8 Å². The number of morpholine rings is 1. The standard InChI is InChI=1S/C28H33N7O/c1-20(2)22-6-4-7-23(16-22)25-17-26(32-28(31-25)33-12-14-36-15-13-33)35-11-10-34(19-21(35)3)27-24(18-29)8-5-9-30-27/h4-9,16-17,20-21H,10-15,19H2,1-3H3/t21-/m1/s1. The third kappa shape index (κ3) is 4.98. The number of nitriles is 1. The second-order valence-corrected chi connectivity index (χ2v) is 9.77. The van der Waals surface area contributed by atoms with Gasteiger partial charge in [0.25, 0.3) is 0 Å². The Hall–Kier alpha value is -3.70. The summed E-state index contributed by atoms with van der Waals surface area (Å²) in [5.74, 6) is 2.90. The summed E-state index contributed by atoms with van der Waals surface area (Å²) in [6.07, 6.45) is 1.75. The number of piperazine rings is 1. The van der Waals surface area contributed by atoms with E-state index in [1.807, 2.05) is 12.1 Å². The molecule has 0 amide bonds. The molecule has 2 aliphatic heterocycles. The van der Waals surface area contributed by atoms with Crippen LogP contribution in [0.3, 0.4) is 0 Å². The molecular formula is C28H33N7O. The van der Waals surface area contributed by atoms with Crippen molar-refractivity contribution < 1.29 is 4.74 Å². The Morgan fingerprint density at radius 2 is 1.83 bits per heavy atom. The summed E-state index contributed by atoms with van der Waals surface area (Å²) < 4.78 is 5.57. The van der Waals surface area contributed by atoms with Gasteiger partial charge in [-0.15, -0.1) is 0 Å². The SMILES string of the molecule is CC(C)c1cccc(-c2cc(N3CCN(c4ncccc4C#N)C[C@H]3C)nc(N3CCOCC3)n2)c1. The van der Waals surface area contributed by atoms with Crippen molar-refractivity contribution in [3.63, 3.8) is 0 Å². The Bertz CT molecular complexity index is 1250. The second kappa shape index (κ2) is 10.5. The molecule has 2 saturated heterocycles. The highest BCUT2D eigenvalue weighted by Crippen LogP contribution is 2.30. The smallest absolute Gasteiger partial charge is 0.228 e. The van der Waals surface area contributed by atoms with Crippen LogP contribution >= 0.6 is 0 Å². The van der Waals surface area contributed by atoms with Gasteiger partial charge in [0.1, 0.15) is 17.7 Å². The predicted octanol–water partition coefficient (Wildman–Crippen LogP) is 4.09. The fourth-order valence-corrected chi connectivity index (χ4v) is 4.91. The molecule has 0 aliphatic carbocycles. The molecule has 1 atom stereocenters. The maximum absolute atomic E-state index is 9.53. The lowest BCUT2D eigenvalue weighted by atomic mass is 9.99.